The van der Waals surface area contributed by atoms with Crippen molar-refractivity contribution in [3.63, 3.8) is 0 Å². The fraction of sp³-hybridized carbons (Fsp3) is 0.857. The summed E-state index contributed by atoms with van der Waals surface area (Å²) in [7, 11) is 0. The molecule has 2 saturated heterocycles. The van der Waals surface area contributed by atoms with Gasteiger partial charge in [0.2, 0.25) is 11.9 Å². The Balaban J connectivity index is 1.43. The van der Waals surface area contributed by atoms with Gasteiger partial charge in [-0.25, -0.2) is 0 Å². The van der Waals surface area contributed by atoms with Crippen LogP contribution in [-0.4, -0.2) is 63.5 Å². The Morgan fingerprint density at radius 1 is 1.11 bits per heavy atom. The third-order valence-electron chi connectivity index (χ3n) is 7.21. The molecule has 1 aromatic rings. The summed E-state index contributed by atoms with van der Waals surface area (Å²) >= 11 is 0. The predicted molar refractivity (Wildman–Crippen MR) is 106 cm³/mol. The van der Waals surface area contributed by atoms with Crippen molar-refractivity contribution in [3.8, 4) is 0 Å². The van der Waals surface area contributed by atoms with Crippen molar-refractivity contribution < 1.29 is 9.53 Å². The number of hydrogen-bond donors (Lipinski definition) is 0. The molecule has 0 bridgehead atoms. The van der Waals surface area contributed by atoms with Crippen molar-refractivity contribution in [1.82, 2.24) is 19.7 Å². The number of ether oxygens (including phenoxy) is 1. The average Bonchev–Trinajstić information content (AvgIpc) is 3.24. The zero-order chi connectivity index (χ0) is 19.1. The number of amides is 1. The van der Waals surface area contributed by atoms with Crippen molar-refractivity contribution >= 4 is 11.9 Å². The number of nitrogens with zero attached hydrogens (tertiary/aromatic N) is 5. The first-order chi connectivity index (χ1) is 13.7. The van der Waals surface area contributed by atoms with Crippen LogP contribution in [0.3, 0.4) is 0 Å². The maximum Gasteiger partial charge on any atom is 0.227 e. The standard InChI is InChI=1S/C21H33N5O2/c1-16(27)26-12-11-24(15-21(26)9-3-2-4-10-21)20-23-22-19(17-7-8-17)25(20)14-18-6-5-13-28-18/h17-18H,2-15H2,1H3. The highest BCUT2D eigenvalue weighted by molar-refractivity contribution is 5.74. The molecule has 28 heavy (non-hydrogen) atoms. The van der Waals surface area contributed by atoms with Crippen LogP contribution in [0.2, 0.25) is 0 Å². The van der Waals surface area contributed by atoms with Crippen molar-refractivity contribution in [1.29, 1.82) is 0 Å². The van der Waals surface area contributed by atoms with E-state index in [9.17, 15) is 4.79 Å². The van der Waals surface area contributed by atoms with Gasteiger partial charge in [-0.1, -0.05) is 19.3 Å². The summed E-state index contributed by atoms with van der Waals surface area (Å²) in [6.45, 7) is 6.00. The highest BCUT2D eigenvalue weighted by Crippen LogP contribution is 2.42. The third-order valence-corrected chi connectivity index (χ3v) is 7.21. The first kappa shape index (κ1) is 18.4. The number of hydrogen-bond acceptors (Lipinski definition) is 5. The van der Waals surface area contributed by atoms with E-state index >= 15 is 0 Å². The van der Waals surface area contributed by atoms with Gasteiger partial charge in [-0.2, -0.15) is 0 Å². The molecule has 1 aromatic heterocycles. The summed E-state index contributed by atoms with van der Waals surface area (Å²) < 4.78 is 8.29. The van der Waals surface area contributed by atoms with E-state index in [2.05, 4.69) is 24.6 Å². The second-order valence-electron chi connectivity index (χ2n) is 9.26. The van der Waals surface area contributed by atoms with Gasteiger partial charge in [0.15, 0.2) is 0 Å². The minimum Gasteiger partial charge on any atom is -0.376 e. The lowest BCUT2D eigenvalue weighted by atomic mass is 9.78. The number of carbonyl (C=O) groups excluding carboxylic acids is 1. The summed E-state index contributed by atoms with van der Waals surface area (Å²) in [5.74, 6) is 2.95. The largest absolute Gasteiger partial charge is 0.376 e. The van der Waals surface area contributed by atoms with Crippen molar-refractivity contribution in [2.75, 3.05) is 31.1 Å². The summed E-state index contributed by atoms with van der Waals surface area (Å²) in [6, 6.07) is 0. The van der Waals surface area contributed by atoms with Crippen LogP contribution in [0.1, 0.15) is 76.5 Å². The van der Waals surface area contributed by atoms with Gasteiger partial charge in [0.1, 0.15) is 5.82 Å². The Morgan fingerprint density at radius 3 is 2.61 bits per heavy atom. The quantitative estimate of drug-likeness (QED) is 0.795. The zero-order valence-corrected chi connectivity index (χ0v) is 17.1. The van der Waals surface area contributed by atoms with E-state index in [0.717, 1.165) is 70.2 Å². The molecule has 0 radical (unpaired) electrons. The Kier molecular flexibility index (Phi) is 4.81. The number of anilines is 1. The Labute approximate surface area is 167 Å². The van der Waals surface area contributed by atoms with Crippen LogP contribution in [0.15, 0.2) is 0 Å². The topological polar surface area (TPSA) is 63.5 Å². The molecular formula is C21H33N5O2. The molecule has 0 aromatic carbocycles. The highest BCUT2D eigenvalue weighted by Gasteiger charge is 2.45. The van der Waals surface area contributed by atoms with E-state index in [1.54, 1.807) is 6.92 Å². The van der Waals surface area contributed by atoms with Crippen LogP contribution in [0.25, 0.3) is 0 Å². The molecule has 4 fully saturated rings. The lowest BCUT2D eigenvalue weighted by Crippen LogP contribution is -2.64. The van der Waals surface area contributed by atoms with E-state index in [-0.39, 0.29) is 17.6 Å². The first-order valence-electron chi connectivity index (χ1n) is 11.2. The fourth-order valence-corrected chi connectivity index (χ4v) is 5.63. The SMILES string of the molecule is CC(=O)N1CCN(c2nnc(C3CC3)n2CC2CCCO2)CC12CCCCC2. The summed E-state index contributed by atoms with van der Waals surface area (Å²) in [5, 5.41) is 9.29. The lowest BCUT2D eigenvalue weighted by Gasteiger charge is -2.52. The molecule has 2 saturated carbocycles. The van der Waals surface area contributed by atoms with E-state index in [0.29, 0.717) is 5.92 Å². The molecule has 1 atom stereocenters. The summed E-state index contributed by atoms with van der Waals surface area (Å²) in [4.78, 5) is 16.9. The molecule has 5 rings (SSSR count). The Morgan fingerprint density at radius 2 is 1.93 bits per heavy atom. The smallest absolute Gasteiger partial charge is 0.227 e. The molecule has 7 heteroatoms. The normalized spacial score (nSPS) is 27.5. The van der Waals surface area contributed by atoms with Gasteiger partial charge in [0.05, 0.1) is 18.2 Å². The number of piperazine rings is 1. The molecule has 3 heterocycles. The Bertz CT molecular complexity index is 716. The molecule has 1 amide bonds. The molecule has 0 N–H and O–H groups in total. The van der Waals surface area contributed by atoms with Gasteiger partial charge < -0.3 is 14.5 Å². The van der Waals surface area contributed by atoms with Gasteiger partial charge >= 0.3 is 0 Å². The number of rotatable bonds is 4. The maximum atomic E-state index is 12.4. The van der Waals surface area contributed by atoms with Crippen LogP contribution >= 0.6 is 0 Å². The average molecular weight is 388 g/mol. The van der Waals surface area contributed by atoms with E-state index in [1.807, 2.05) is 0 Å². The van der Waals surface area contributed by atoms with Gasteiger partial charge in [-0.05, 0) is 38.5 Å². The molecule has 4 aliphatic rings. The van der Waals surface area contributed by atoms with Crippen molar-refractivity contribution in [2.24, 2.45) is 0 Å². The van der Waals surface area contributed by atoms with E-state index in [4.69, 9.17) is 4.74 Å². The maximum absolute atomic E-state index is 12.4. The monoisotopic (exact) mass is 387 g/mol. The van der Waals surface area contributed by atoms with Crippen molar-refractivity contribution in [2.45, 2.75) is 88.8 Å². The molecule has 1 spiro atoms. The molecule has 1 unspecified atom stereocenters. The second-order valence-corrected chi connectivity index (χ2v) is 9.26. The van der Waals surface area contributed by atoms with Crippen LogP contribution in [0.4, 0.5) is 5.95 Å². The minimum atomic E-state index is -0.0251. The van der Waals surface area contributed by atoms with Gasteiger partial charge in [-0.15, -0.1) is 10.2 Å². The van der Waals surface area contributed by atoms with Crippen LogP contribution in [-0.2, 0) is 16.1 Å². The predicted octanol–water partition coefficient (Wildman–Crippen LogP) is 2.71. The van der Waals surface area contributed by atoms with Crippen LogP contribution in [0, 0.1) is 0 Å². The number of aromatic nitrogens is 3. The van der Waals surface area contributed by atoms with E-state index in [1.165, 1.54) is 32.1 Å². The summed E-state index contributed by atoms with van der Waals surface area (Å²) in [5.41, 5.74) is -0.0251. The van der Waals surface area contributed by atoms with Crippen LogP contribution < -0.4 is 4.90 Å². The number of carbonyl (C=O) groups is 1. The Hall–Kier alpha value is -1.63. The van der Waals surface area contributed by atoms with Crippen molar-refractivity contribution in [3.05, 3.63) is 5.82 Å². The molecule has 2 aliphatic heterocycles. The minimum absolute atomic E-state index is 0.0251. The lowest BCUT2D eigenvalue weighted by molar-refractivity contribution is -0.137. The summed E-state index contributed by atoms with van der Waals surface area (Å²) in [6.07, 6.45) is 11.0. The third kappa shape index (κ3) is 3.31. The van der Waals surface area contributed by atoms with E-state index < -0.39 is 0 Å². The first-order valence-corrected chi connectivity index (χ1v) is 11.2. The second kappa shape index (κ2) is 7.32. The van der Waals surface area contributed by atoms with Crippen LogP contribution in [0.5, 0.6) is 0 Å². The molecule has 2 aliphatic carbocycles. The van der Waals surface area contributed by atoms with Gasteiger partial charge in [0, 0.05) is 39.1 Å². The molecule has 7 nitrogen and oxygen atoms in total. The van der Waals surface area contributed by atoms with Gasteiger partial charge in [-0.3, -0.25) is 9.36 Å². The molecular weight excluding hydrogens is 354 g/mol. The van der Waals surface area contributed by atoms with Gasteiger partial charge in [0.25, 0.3) is 0 Å². The molecule has 154 valence electrons. The highest BCUT2D eigenvalue weighted by atomic mass is 16.5. The fourth-order valence-electron chi connectivity index (χ4n) is 5.63. The zero-order valence-electron chi connectivity index (χ0n) is 17.1.